The number of carbonyl (C=O) groups excluding carboxylic acids is 2. The smallest absolute Gasteiger partial charge is 0.414 e. The highest BCUT2D eigenvalue weighted by molar-refractivity contribution is 9.10. The number of imide groups is 1. The maximum atomic E-state index is 11.6. The number of carbonyl (C=O) groups is 2. The van der Waals surface area contributed by atoms with Crippen molar-refractivity contribution in [3.8, 4) is 0 Å². The van der Waals surface area contributed by atoms with Crippen LogP contribution in [0.25, 0.3) is 0 Å². The Hall–Kier alpha value is -1.56. The van der Waals surface area contributed by atoms with Crippen molar-refractivity contribution in [2.45, 2.75) is 39.3 Å². The van der Waals surface area contributed by atoms with Crippen molar-refractivity contribution < 1.29 is 14.3 Å². The van der Waals surface area contributed by atoms with Gasteiger partial charge in [-0.15, -0.1) is 0 Å². The third-order valence-electron chi connectivity index (χ3n) is 2.33. The molecule has 2 amide bonds. The van der Waals surface area contributed by atoms with E-state index in [2.05, 4.69) is 26.6 Å². The van der Waals surface area contributed by atoms with Crippen molar-refractivity contribution in [1.29, 1.82) is 0 Å². The first kappa shape index (κ1) is 16.5. The second-order valence-corrected chi connectivity index (χ2v) is 5.67. The molecule has 0 saturated heterocycles. The zero-order valence-electron chi connectivity index (χ0n) is 11.8. The first-order valence-electron chi connectivity index (χ1n) is 6.39. The van der Waals surface area contributed by atoms with Crippen LogP contribution in [0.3, 0.4) is 0 Å². The number of nitrogens with one attached hydrogen (secondary N) is 2. The molecule has 0 aromatic heterocycles. The van der Waals surface area contributed by atoms with E-state index in [1.807, 2.05) is 31.2 Å². The Morgan fingerprint density at radius 2 is 1.80 bits per heavy atom. The summed E-state index contributed by atoms with van der Waals surface area (Å²) in [7, 11) is 0. The molecule has 0 spiro atoms. The summed E-state index contributed by atoms with van der Waals surface area (Å²) in [6.07, 6.45) is -0.773. The van der Waals surface area contributed by atoms with Gasteiger partial charge in [-0.05, 0) is 45.0 Å². The molecule has 0 bridgehead atoms. The number of hydrogen-bond donors (Lipinski definition) is 2. The van der Waals surface area contributed by atoms with E-state index in [0.717, 1.165) is 10.2 Å². The monoisotopic (exact) mass is 342 g/mol. The summed E-state index contributed by atoms with van der Waals surface area (Å²) >= 11 is 3.36. The molecule has 1 unspecified atom stereocenters. The van der Waals surface area contributed by atoms with Gasteiger partial charge in [-0.25, -0.2) is 4.79 Å². The van der Waals surface area contributed by atoms with Crippen LogP contribution >= 0.6 is 15.9 Å². The molecule has 0 heterocycles. The molecular formula is C14H19BrN2O3. The summed E-state index contributed by atoms with van der Waals surface area (Å²) in [5.41, 5.74) is 0.915. The summed E-state index contributed by atoms with van der Waals surface area (Å²) in [4.78, 5) is 22.9. The molecule has 20 heavy (non-hydrogen) atoms. The fourth-order valence-corrected chi connectivity index (χ4v) is 1.83. The topological polar surface area (TPSA) is 67.4 Å². The summed E-state index contributed by atoms with van der Waals surface area (Å²) in [6.45, 7) is 5.32. The van der Waals surface area contributed by atoms with Crippen molar-refractivity contribution in [2.24, 2.45) is 0 Å². The van der Waals surface area contributed by atoms with Gasteiger partial charge in [0, 0.05) is 22.6 Å². The van der Waals surface area contributed by atoms with Gasteiger partial charge in [-0.3, -0.25) is 10.1 Å². The van der Waals surface area contributed by atoms with Gasteiger partial charge in [0.2, 0.25) is 5.91 Å². The fraction of sp³-hybridized carbons (Fsp3) is 0.429. The van der Waals surface area contributed by atoms with Crippen molar-refractivity contribution in [3.05, 3.63) is 28.7 Å². The van der Waals surface area contributed by atoms with Crippen LogP contribution in [0.15, 0.2) is 28.7 Å². The Morgan fingerprint density at radius 1 is 1.20 bits per heavy atom. The van der Waals surface area contributed by atoms with Gasteiger partial charge in [-0.2, -0.15) is 0 Å². The van der Waals surface area contributed by atoms with E-state index in [9.17, 15) is 9.59 Å². The summed E-state index contributed by atoms with van der Waals surface area (Å²) in [5.74, 6) is -0.368. The van der Waals surface area contributed by atoms with Crippen LogP contribution in [0.2, 0.25) is 0 Å². The maximum Gasteiger partial charge on any atom is 0.414 e. The van der Waals surface area contributed by atoms with E-state index in [-0.39, 0.29) is 24.5 Å². The number of amides is 2. The molecule has 0 saturated carbocycles. The molecule has 1 aromatic carbocycles. The number of hydrogen-bond acceptors (Lipinski definition) is 4. The van der Waals surface area contributed by atoms with Crippen molar-refractivity contribution in [1.82, 2.24) is 5.32 Å². The Kier molecular flexibility index (Phi) is 6.51. The second kappa shape index (κ2) is 7.89. The molecule has 1 rings (SSSR count). The summed E-state index contributed by atoms with van der Waals surface area (Å²) < 4.78 is 5.83. The van der Waals surface area contributed by atoms with Gasteiger partial charge in [0.15, 0.2) is 0 Å². The van der Waals surface area contributed by atoms with Gasteiger partial charge in [-0.1, -0.05) is 15.9 Å². The molecular weight excluding hydrogens is 324 g/mol. The van der Waals surface area contributed by atoms with E-state index in [4.69, 9.17) is 4.74 Å². The molecule has 0 aliphatic rings. The number of rotatable bonds is 5. The molecule has 110 valence electrons. The predicted octanol–water partition coefficient (Wildman–Crippen LogP) is 3.30. The lowest BCUT2D eigenvalue weighted by molar-refractivity contribution is -0.120. The van der Waals surface area contributed by atoms with E-state index < -0.39 is 6.09 Å². The van der Waals surface area contributed by atoms with Crippen LogP contribution in [-0.2, 0) is 9.53 Å². The average Bonchev–Trinajstić information content (AvgIpc) is 2.30. The predicted molar refractivity (Wildman–Crippen MR) is 81.6 cm³/mol. The third-order valence-corrected chi connectivity index (χ3v) is 2.86. The zero-order chi connectivity index (χ0) is 15.1. The van der Waals surface area contributed by atoms with Gasteiger partial charge >= 0.3 is 6.09 Å². The molecule has 1 atom stereocenters. The summed E-state index contributed by atoms with van der Waals surface area (Å²) in [5, 5.41) is 5.37. The Bertz CT molecular complexity index is 460. The minimum atomic E-state index is -0.708. The van der Waals surface area contributed by atoms with Crippen molar-refractivity contribution >= 4 is 33.6 Å². The van der Waals surface area contributed by atoms with Crippen LogP contribution in [0.5, 0.6) is 0 Å². The van der Waals surface area contributed by atoms with Gasteiger partial charge in [0.1, 0.15) is 0 Å². The van der Waals surface area contributed by atoms with Gasteiger partial charge in [0.05, 0.1) is 6.10 Å². The van der Waals surface area contributed by atoms with E-state index >= 15 is 0 Å². The molecule has 5 nitrogen and oxygen atoms in total. The van der Waals surface area contributed by atoms with E-state index in [1.165, 1.54) is 0 Å². The van der Waals surface area contributed by atoms with E-state index in [0.29, 0.717) is 0 Å². The highest BCUT2D eigenvalue weighted by Crippen LogP contribution is 2.15. The highest BCUT2D eigenvalue weighted by Gasteiger charge is 2.13. The number of anilines is 1. The Morgan fingerprint density at radius 3 is 2.35 bits per heavy atom. The van der Waals surface area contributed by atoms with Crippen molar-refractivity contribution in [2.75, 3.05) is 5.32 Å². The maximum absolute atomic E-state index is 11.6. The zero-order valence-corrected chi connectivity index (χ0v) is 13.4. The number of alkyl carbamates (subject to hydrolysis) is 1. The second-order valence-electron chi connectivity index (χ2n) is 4.76. The molecule has 0 fully saturated rings. The Balaban J connectivity index is 2.38. The van der Waals surface area contributed by atoms with Crippen LogP contribution < -0.4 is 10.6 Å². The summed E-state index contributed by atoms with van der Waals surface area (Å²) in [6, 6.07) is 7.55. The number of halogens is 1. The lowest BCUT2D eigenvalue weighted by atomic mass is 10.2. The first-order chi connectivity index (χ1) is 9.36. The van der Waals surface area contributed by atoms with Crippen molar-refractivity contribution in [3.63, 3.8) is 0 Å². The average molecular weight is 343 g/mol. The molecule has 1 aromatic rings. The molecule has 0 aliphatic carbocycles. The van der Waals surface area contributed by atoms with Crippen LogP contribution in [-0.4, -0.2) is 24.1 Å². The first-order valence-corrected chi connectivity index (χ1v) is 7.18. The lowest BCUT2D eigenvalue weighted by Gasteiger charge is -2.15. The highest BCUT2D eigenvalue weighted by atomic mass is 79.9. The quantitative estimate of drug-likeness (QED) is 0.861. The standard InChI is InChI=1S/C14H19BrN2O3/c1-9(2)20-14(19)17-13(18)8-10(3)16-12-6-4-11(15)5-7-12/h4-7,9-10,16H,8H2,1-3H3,(H,17,18,19). The SMILES string of the molecule is CC(CC(=O)NC(=O)OC(C)C)Nc1ccc(Br)cc1. The molecule has 6 heteroatoms. The molecule has 0 aliphatic heterocycles. The van der Waals surface area contributed by atoms with E-state index in [1.54, 1.807) is 13.8 Å². The molecule has 2 N–H and O–H groups in total. The number of ether oxygens (including phenoxy) is 1. The van der Waals surface area contributed by atoms with Gasteiger partial charge < -0.3 is 10.1 Å². The normalized spacial score (nSPS) is 11.8. The molecule has 0 radical (unpaired) electrons. The largest absolute Gasteiger partial charge is 0.447 e. The van der Waals surface area contributed by atoms with Crippen LogP contribution in [0.4, 0.5) is 10.5 Å². The third kappa shape index (κ3) is 6.56. The van der Waals surface area contributed by atoms with Crippen LogP contribution in [0, 0.1) is 0 Å². The fourth-order valence-electron chi connectivity index (χ4n) is 1.57. The Labute approximate surface area is 127 Å². The van der Waals surface area contributed by atoms with Crippen LogP contribution in [0.1, 0.15) is 27.2 Å². The lowest BCUT2D eigenvalue weighted by Crippen LogP contribution is -2.35. The van der Waals surface area contributed by atoms with Gasteiger partial charge in [0.25, 0.3) is 0 Å². The minimum Gasteiger partial charge on any atom is -0.447 e. The minimum absolute atomic E-state index is 0.0944. The number of benzene rings is 1.